The quantitative estimate of drug-likeness (QED) is 0.906. The molecule has 2 aromatic rings. The fourth-order valence-corrected chi connectivity index (χ4v) is 1.96. The molecule has 15 heavy (non-hydrogen) atoms. The van der Waals surface area contributed by atoms with E-state index in [2.05, 4.69) is 33.0 Å². The second-order valence-corrected chi connectivity index (χ2v) is 4.74. The normalized spacial score (nSPS) is 13.0. The molecule has 1 atom stereocenters. The van der Waals surface area contributed by atoms with Crippen molar-refractivity contribution >= 4 is 26.8 Å². The number of fused-ring (bicyclic) bond motifs is 1. The Balaban J connectivity index is 2.43. The maximum atomic E-state index is 5.75. The molecular weight excluding hydrogens is 252 g/mol. The summed E-state index contributed by atoms with van der Waals surface area (Å²) in [6.07, 6.45) is 0.825. The number of halogens is 1. The van der Waals surface area contributed by atoms with Crippen molar-refractivity contribution < 1.29 is 0 Å². The molecule has 2 N–H and O–H groups in total. The zero-order valence-electron chi connectivity index (χ0n) is 8.57. The van der Waals surface area contributed by atoms with Gasteiger partial charge in [-0.3, -0.25) is 4.98 Å². The van der Waals surface area contributed by atoms with E-state index in [0.717, 1.165) is 27.5 Å². The molecule has 0 aliphatic heterocycles. The molecule has 0 aliphatic carbocycles. The molecule has 0 saturated heterocycles. The van der Waals surface area contributed by atoms with Crippen LogP contribution in [-0.2, 0) is 6.42 Å². The summed E-state index contributed by atoms with van der Waals surface area (Å²) in [6.45, 7) is 1.99. The lowest BCUT2D eigenvalue weighted by atomic mass is 10.1. The first-order valence-corrected chi connectivity index (χ1v) is 5.75. The number of hydrogen-bond acceptors (Lipinski definition) is 2. The van der Waals surface area contributed by atoms with Crippen LogP contribution in [0.3, 0.4) is 0 Å². The first kappa shape index (κ1) is 10.6. The Kier molecular flexibility index (Phi) is 3.03. The summed E-state index contributed by atoms with van der Waals surface area (Å²) in [5.74, 6) is 0. The van der Waals surface area contributed by atoms with Crippen LogP contribution < -0.4 is 5.73 Å². The van der Waals surface area contributed by atoms with E-state index >= 15 is 0 Å². The molecule has 2 nitrogen and oxygen atoms in total. The van der Waals surface area contributed by atoms with E-state index in [1.165, 1.54) is 0 Å². The van der Waals surface area contributed by atoms with Gasteiger partial charge in [0.05, 0.1) is 5.52 Å². The number of aromatic nitrogens is 1. The van der Waals surface area contributed by atoms with Crippen molar-refractivity contribution in [1.29, 1.82) is 0 Å². The van der Waals surface area contributed by atoms with E-state index in [1.54, 1.807) is 0 Å². The highest BCUT2D eigenvalue weighted by atomic mass is 79.9. The maximum Gasteiger partial charge on any atom is 0.0706 e. The fourth-order valence-electron chi connectivity index (χ4n) is 1.58. The molecule has 0 aliphatic rings. The Bertz CT molecular complexity index is 480. The number of benzene rings is 1. The molecule has 3 heteroatoms. The third-order valence-corrected chi connectivity index (χ3v) is 2.73. The number of nitrogens with two attached hydrogens (primary N) is 1. The van der Waals surface area contributed by atoms with Gasteiger partial charge >= 0.3 is 0 Å². The third kappa shape index (κ3) is 2.55. The lowest BCUT2D eigenvalue weighted by Gasteiger charge is -2.05. The smallest absolute Gasteiger partial charge is 0.0706 e. The monoisotopic (exact) mass is 264 g/mol. The van der Waals surface area contributed by atoms with E-state index in [0.29, 0.717) is 0 Å². The average molecular weight is 265 g/mol. The molecule has 0 spiro atoms. The fraction of sp³-hybridized carbons (Fsp3) is 0.250. The third-order valence-electron chi connectivity index (χ3n) is 2.24. The predicted molar refractivity (Wildman–Crippen MR) is 66.8 cm³/mol. The van der Waals surface area contributed by atoms with Gasteiger partial charge in [-0.2, -0.15) is 0 Å². The number of rotatable bonds is 2. The molecule has 1 aromatic heterocycles. The molecular formula is C12H13BrN2. The lowest BCUT2D eigenvalue weighted by molar-refractivity contribution is 0.725. The Morgan fingerprint density at radius 3 is 2.87 bits per heavy atom. The summed E-state index contributed by atoms with van der Waals surface area (Å²) in [6, 6.07) is 10.4. The van der Waals surface area contributed by atoms with E-state index in [1.807, 2.05) is 25.1 Å². The Morgan fingerprint density at radius 2 is 2.13 bits per heavy atom. The van der Waals surface area contributed by atoms with E-state index < -0.39 is 0 Å². The standard InChI is InChI=1S/C12H13BrN2/c1-8(14)6-11-4-2-9-7-10(13)3-5-12(9)15-11/h2-5,7-8H,6,14H2,1H3. The van der Waals surface area contributed by atoms with Gasteiger partial charge in [-0.05, 0) is 31.2 Å². The van der Waals surface area contributed by atoms with Gasteiger partial charge in [0.25, 0.3) is 0 Å². The molecule has 0 bridgehead atoms. The van der Waals surface area contributed by atoms with E-state index in [-0.39, 0.29) is 6.04 Å². The van der Waals surface area contributed by atoms with Crippen molar-refractivity contribution in [1.82, 2.24) is 4.98 Å². The number of pyridine rings is 1. The SMILES string of the molecule is CC(N)Cc1ccc2cc(Br)ccc2n1. The van der Waals surface area contributed by atoms with Crippen molar-refractivity contribution in [3.05, 3.63) is 40.5 Å². The van der Waals surface area contributed by atoms with Gasteiger partial charge in [0.1, 0.15) is 0 Å². The second kappa shape index (κ2) is 4.29. The van der Waals surface area contributed by atoms with Crippen molar-refractivity contribution in [2.45, 2.75) is 19.4 Å². The zero-order chi connectivity index (χ0) is 10.8. The van der Waals surface area contributed by atoms with Gasteiger partial charge in [-0.25, -0.2) is 0 Å². The summed E-state index contributed by atoms with van der Waals surface area (Å²) in [5.41, 5.74) is 7.82. The van der Waals surface area contributed by atoms with Gasteiger partial charge in [0.2, 0.25) is 0 Å². The topological polar surface area (TPSA) is 38.9 Å². The Labute approximate surface area is 97.6 Å². The second-order valence-electron chi connectivity index (χ2n) is 3.82. The molecule has 2 rings (SSSR count). The van der Waals surface area contributed by atoms with Crippen molar-refractivity contribution in [3.8, 4) is 0 Å². The Morgan fingerprint density at radius 1 is 1.33 bits per heavy atom. The van der Waals surface area contributed by atoms with Crippen molar-refractivity contribution in [3.63, 3.8) is 0 Å². The van der Waals surface area contributed by atoms with Crippen LogP contribution >= 0.6 is 15.9 Å². The maximum absolute atomic E-state index is 5.75. The average Bonchev–Trinajstić information content (AvgIpc) is 2.17. The predicted octanol–water partition coefficient (Wildman–Crippen LogP) is 2.89. The van der Waals surface area contributed by atoms with Crippen LogP contribution in [0.5, 0.6) is 0 Å². The lowest BCUT2D eigenvalue weighted by Crippen LogP contribution is -2.18. The summed E-state index contributed by atoms with van der Waals surface area (Å²) in [4.78, 5) is 4.56. The first-order valence-electron chi connectivity index (χ1n) is 4.96. The van der Waals surface area contributed by atoms with Crippen molar-refractivity contribution in [2.75, 3.05) is 0 Å². The largest absolute Gasteiger partial charge is 0.328 e. The molecule has 0 saturated carbocycles. The van der Waals surface area contributed by atoms with Gasteiger partial charge in [0, 0.05) is 28.0 Å². The van der Waals surface area contributed by atoms with Crippen LogP contribution in [0.4, 0.5) is 0 Å². The molecule has 1 heterocycles. The van der Waals surface area contributed by atoms with Crippen LogP contribution in [0.2, 0.25) is 0 Å². The zero-order valence-corrected chi connectivity index (χ0v) is 10.2. The Hall–Kier alpha value is -0.930. The minimum Gasteiger partial charge on any atom is -0.328 e. The molecule has 0 amide bonds. The summed E-state index contributed by atoms with van der Waals surface area (Å²) in [5, 5.41) is 1.15. The molecule has 0 fully saturated rings. The summed E-state index contributed by atoms with van der Waals surface area (Å²) < 4.78 is 1.08. The highest BCUT2D eigenvalue weighted by molar-refractivity contribution is 9.10. The number of hydrogen-bond donors (Lipinski definition) is 1. The van der Waals surface area contributed by atoms with Gasteiger partial charge < -0.3 is 5.73 Å². The summed E-state index contributed by atoms with van der Waals surface area (Å²) in [7, 11) is 0. The van der Waals surface area contributed by atoms with Crippen LogP contribution in [0.15, 0.2) is 34.8 Å². The van der Waals surface area contributed by atoms with E-state index in [4.69, 9.17) is 5.73 Å². The highest BCUT2D eigenvalue weighted by Crippen LogP contribution is 2.18. The van der Waals surface area contributed by atoms with Crippen LogP contribution in [0.25, 0.3) is 10.9 Å². The molecule has 0 radical (unpaired) electrons. The number of nitrogens with zero attached hydrogens (tertiary/aromatic N) is 1. The minimum absolute atomic E-state index is 0.158. The van der Waals surface area contributed by atoms with Gasteiger partial charge in [-0.15, -0.1) is 0 Å². The van der Waals surface area contributed by atoms with Gasteiger partial charge in [0.15, 0.2) is 0 Å². The molecule has 78 valence electrons. The first-order chi connectivity index (χ1) is 7.15. The highest BCUT2D eigenvalue weighted by Gasteiger charge is 2.01. The van der Waals surface area contributed by atoms with Crippen LogP contribution in [0.1, 0.15) is 12.6 Å². The minimum atomic E-state index is 0.158. The van der Waals surface area contributed by atoms with Crippen molar-refractivity contribution in [2.24, 2.45) is 5.73 Å². The molecule has 1 unspecified atom stereocenters. The van der Waals surface area contributed by atoms with Crippen LogP contribution in [0, 0.1) is 0 Å². The summed E-state index contributed by atoms with van der Waals surface area (Å²) >= 11 is 3.44. The van der Waals surface area contributed by atoms with Gasteiger partial charge in [-0.1, -0.05) is 22.0 Å². The van der Waals surface area contributed by atoms with Crippen LogP contribution in [-0.4, -0.2) is 11.0 Å². The molecule has 1 aromatic carbocycles. The van der Waals surface area contributed by atoms with E-state index in [9.17, 15) is 0 Å².